The molecule has 1 saturated heterocycles. The predicted molar refractivity (Wildman–Crippen MR) is 63.8 cm³/mol. The molecule has 1 heterocycles. The summed E-state index contributed by atoms with van der Waals surface area (Å²) in [7, 11) is 0. The first-order valence-corrected chi connectivity index (χ1v) is 5.72. The molecule has 5 nitrogen and oxygen atoms in total. The van der Waals surface area contributed by atoms with E-state index in [0.29, 0.717) is 32.2 Å². The number of carboxylic acid groups (broad SMARTS) is 1. The summed E-state index contributed by atoms with van der Waals surface area (Å²) in [5, 5.41) is 11.9. The Balaban J connectivity index is 2.55. The fourth-order valence-corrected chi connectivity index (χ4v) is 2.09. The third-order valence-corrected chi connectivity index (χ3v) is 3.01. The molecular weight excluding hydrogens is 258 g/mol. The molecule has 0 bridgehead atoms. The average Bonchev–Trinajstić information content (AvgIpc) is 2.39. The van der Waals surface area contributed by atoms with Crippen LogP contribution in [-0.2, 0) is 0 Å². The molecule has 102 valence electrons. The lowest BCUT2D eigenvalue weighted by molar-refractivity contribution is 0.0692. The molecule has 0 aromatic heterocycles. The standard InChI is InChI=1S/C12H12F2N2O3/c13-9-5-7(12(18)19)8(6-17)10(14)11(9)16-3-1-15-2-4-16/h5-6,15H,1-4H2,(H,18,19). The quantitative estimate of drug-likeness (QED) is 0.798. The van der Waals surface area contributed by atoms with E-state index < -0.39 is 28.7 Å². The van der Waals surface area contributed by atoms with Crippen LogP contribution in [0.1, 0.15) is 20.7 Å². The van der Waals surface area contributed by atoms with Gasteiger partial charge in [-0.3, -0.25) is 4.79 Å². The second-order valence-corrected chi connectivity index (χ2v) is 4.14. The third-order valence-electron chi connectivity index (χ3n) is 3.01. The Kier molecular flexibility index (Phi) is 3.75. The first-order valence-electron chi connectivity index (χ1n) is 5.72. The molecule has 2 rings (SSSR count). The minimum Gasteiger partial charge on any atom is -0.478 e. The Morgan fingerprint density at radius 3 is 2.53 bits per heavy atom. The second kappa shape index (κ2) is 5.31. The Labute approximate surface area is 107 Å². The maximum atomic E-state index is 14.1. The second-order valence-electron chi connectivity index (χ2n) is 4.14. The highest BCUT2D eigenvalue weighted by Gasteiger charge is 2.26. The highest BCUT2D eigenvalue weighted by Crippen LogP contribution is 2.28. The molecule has 19 heavy (non-hydrogen) atoms. The lowest BCUT2D eigenvalue weighted by atomic mass is 10.0. The van der Waals surface area contributed by atoms with Gasteiger partial charge in [-0.15, -0.1) is 0 Å². The summed E-state index contributed by atoms with van der Waals surface area (Å²) in [6, 6.07) is 0.687. The Morgan fingerprint density at radius 2 is 2.00 bits per heavy atom. The van der Waals surface area contributed by atoms with Crippen molar-refractivity contribution < 1.29 is 23.5 Å². The van der Waals surface area contributed by atoms with Gasteiger partial charge in [0.2, 0.25) is 0 Å². The van der Waals surface area contributed by atoms with Crippen LogP contribution < -0.4 is 10.2 Å². The van der Waals surface area contributed by atoms with E-state index in [1.807, 2.05) is 0 Å². The molecule has 2 N–H and O–H groups in total. The largest absolute Gasteiger partial charge is 0.478 e. The van der Waals surface area contributed by atoms with Crippen molar-refractivity contribution in [1.82, 2.24) is 5.32 Å². The van der Waals surface area contributed by atoms with E-state index in [4.69, 9.17) is 5.11 Å². The summed E-state index contributed by atoms with van der Waals surface area (Å²) in [6.07, 6.45) is 0.101. The Hall–Kier alpha value is -2.02. The maximum absolute atomic E-state index is 14.1. The van der Waals surface area contributed by atoms with E-state index >= 15 is 0 Å². The van der Waals surface area contributed by atoms with Crippen molar-refractivity contribution in [2.24, 2.45) is 0 Å². The van der Waals surface area contributed by atoms with E-state index in [1.54, 1.807) is 0 Å². The molecule has 0 radical (unpaired) electrons. The normalized spacial score (nSPS) is 15.4. The van der Waals surface area contributed by atoms with Crippen molar-refractivity contribution in [3.63, 3.8) is 0 Å². The summed E-state index contributed by atoms with van der Waals surface area (Å²) in [6.45, 7) is 1.91. The zero-order valence-corrected chi connectivity index (χ0v) is 9.95. The van der Waals surface area contributed by atoms with E-state index in [2.05, 4.69) is 5.32 Å². The fraction of sp³-hybridized carbons (Fsp3) is 0.333. The van der Waals surface area contributed by atoms with Gasteiger partial charge in [-0.05, 0) is 6.07 Å². The van der Waals surface area contributed by atoms with E-state index in [1.165, 1.54) is 4.90 Å². The molecule has 1 aliphatic rings. The number of anilines is 1. The van der Waals surface area contributed by atoms with Crippen LogP contribution in [0.2, 0.25) is 0 Å². The first-order chi connectivity index (χ1) is 9.06. The number of rotatable bonds is 3. The zero-order valence-electron chi connectivity index (χ0n) is 9.95. The molecule has 0 spiro atoms. The summed E-state index contributed by atoms with van der Waals surface area (Å²) in [5.41, 5.74) is -1.63. The zero-order chi connectivity index (χ0) is 14.0. The van der Waals surface area contributed by atoms with Gasteiger partial charge >= 0.3 is 5.97 Å². The van der Waals surface area contributed by atoms with E-state index in [0.717, 1.165) is 0 Å². The van der Waals surface area contributed by atoms with Crippen LogP contribution in [0.25, 0.3) is 0 Å². The predicted octanol–water partition coefficient (Wildman–Crippen LogP) is 0.885. The van der Waals surface area contributed by atoms with Crippen molar-refractivity contribution in [3.8, 4) is 0 Å². The average molecular weight is 270 g/mol. The van der Waals surface area contributed by atoms with Gasteiger partial charge in [0.1, 0.15) is 11.5 Å². The number of hydrogen-bond donors (Lipinski definition) is 2. The number of piperazine rings is 1. The molecule has 0 saturated carbocycles. The molecule has 7 heteroatoms. The number of carbonyl (C=O) groups is 2. The van der Waals surface area contributed by atoms with Crippen molar-refractivity contribution in [2.75, 3.05) is 31.1 Å². The van der Waals surface area contributed by atoms with Gasteiger partial charge < -0.3 is 15.3 Å². The lowest BCUT2D eigenvalue weighted by Crippen LogP contribution is -2.44. The molecule has 1 fully saturated rings. The minimum atomic E-state index is -1.54. The van der Waals surface area contributed by atoms with E-state index in [9.17, 15) is 18.4 Å². The van der Waals surface area contributed by atoms with Crippen LogP contribution in [-0.4, -0.2) is 43.5 Å². The Bertz CT molecular complexity index is 528. The van der Waals surface area contributed by atoms with Gasteiger partial charge in [-0.1, -0.05) is 0 Å². The van der Waals surface area contributed by atoms with Crippen molar-refractivity contribution in [2.45, 2.75) is 0 Å². The highest BCUT2D eigenvalue weighted by atomic mass is 19.1. The van der Waals surface area contributed by atoms with Gasteiger partial charge in [0.05, 0.1) is 11.1 Å². The molecule has 1 aliphatic heterocycles. The van der Waals surface area contributed by atoms with Crippen LogP contribution >= 0.6 is 0 Å². The number of hydrogen-bond acceptors (Lipinski definition) is 4. The lowest BCUT2D eigenvalue weighted by Gasteiger charge is -2.30. The number of aldehydes is 1. The van der Waals surface area contributed by atoms with Gasteiger partial charge in [-0.25, -0.2) is 13.6 Å². The molecule has 1 aromatic carbocycles. The van der Waals surface area contributed by atoms with Crippen molar-refractivity contribution >= 4 is 17.9 Å². The van der Waals surface area contributed by atoms with Gasteiger partial charge in [0.25, 0.3) is 0 Å². The van der Waals surface area contributed by atoms with Crippen LogP contribution in [0.4, 0.5) is 14.5 Å². The number of nitrogens with zero attached hydrogens (tertiary/aromatic N) is 1. The molecule has 1 aromatic rings. The SMILES string of the molecule is O=Cc1c(C(=O)O)cc(F)c(N2CCNCC2)c1F. The monoisotopic (exact) mass is 270 g/mol. The summed E-state index contributed by atoms with van der Waals surface area (Å²) < 4.78 is 28.0. The van der Waals surface area contributed by atoms with Crippen LogP contribution in [0.5, 0.6) is 0 Å². The molecule has 0 amide bonds. The maximum Gasteiger partial charge on any atom is 0.336 e. The topological polar surface area (TPSA) is 69.6 Å². The van der Waals surface area contributed by atoms with Crippen LogP contribution in [0, 0.1) is 11.6 Å². The number of nitrogens with one attached hydrogen (secondary N) is 1. The van der Waals surface area contributed by atoms with Crippen LogP contribution in [0.3, 0.4) is 0 Å². The van der Waals surface area contributed by atoms with Crippen molar-refractivity contribution in [3.05, 3.63) is 28.8 Å². The molecule has 0 atom stereocenters. The fourth-order valence-electron chi connectivity index (χ4n) is 2.09. The summed E-state index contributed by atoms with van der Waals surface area (Å²) in [5.74, 6) is -3.62. The van der Waals surface area contributed by atoms with E-state index in [-0.39, 0.29) is 12.0 Å². The third kappa shape index (κ3) is 2.41. The Morgan fingerprint density at radius 1 is 1.37 bits per heavy atom. The number of aromatic carboxylic acids is 1. The number of carbonyl (C=O) groups excluding carboxylic acids is 1. The van der Waals surface area contributed by atoms with Crippen LogP contribution in [0.15, 0.2) is 6.07 Å². The highest BCUT2D eigenvalue weighted by molar-refractivity contribution is 5.98. The minimum absolute atomic E-state index is 0.101. The summed E-state index contributed by atoms with van der Waals surface area (Å²) >= 11 is 0. The van der Waals surface area contributed by atoms with Gasteiger partial charge in [-0.2, -0.15) is 0 Å². The van der Waals surface area contributed by atoms with Gasteiger partial charge in [0.15, 0.2) is 12.1 Å². The smallest absolute Gasteiger partial charge is 0.336 e. The van der Waals surface area contributed by atoms with Gasteiger partial charge in [0, 0.05) is 26.2 Å². The number of halogens is 2. The first kappa shape index (κ1) is 13.4. The number of benzene rings is 1. The molecule has 0 aliphatic carbocycles. The number of carboxylic acids is 1. The summed E-state index contributed by atoms with van der Waals surface area (Å²) in [4.78, 5) is 23.2. The molecular formula is C12H12F2N2O3. The molecule has 0 unspecified atom stereocenters. The van der Waals surface area contributed by atoms with Crippen molar-refractivity contribution in [1.29, 1.82) is 0 Å².